The lowest BCUT2D eigenvalue weighted by Gasteiger charge is -2.25. The molecule has 27 heavy (non-hydrogen) atoms. The summed E-state index contributed by atoms with van der Waals surface area (Å²) in [4.78, 5) is 32.7. The zero-order chi connectivity index (χ0) is 18.6. The molecule has 1 aliphatic rings. The lowest BCUT2D eigenvalue weighted by molar-refractivity contribution is 0.0953. The van der Waals surface area contributed by atoms with Crippen molar-refractivity contribution in [3.63, 3.8) is 0 Å². The molecule has 1 aliphatic heterocycles. The molecule has 1 saturated heterocycles. The van der Waals surface area contributed by atoms with E-state index < -0.39 is 0 Å². The van der Waals surface area contributed by atoms with Crippen LogP contribution in [0.4, 0.5) is 5.13 Å². The molecule has 1 amide bonds. The van der Waals surface area contributed by atoms with Gasteiger partial charge in [-0.25, -0.2) is 9.97 Å². The minimum Gasteiger partial charge on any atom is -0.378 e. The molecule has 0 spiro atoms. The van der Waals surface area contributed by atoms with Crippen LogP contribution in [0.5, 0.6) is 0 Å². The van der Waals surface area contributed by atoms with E-state index in [2.05, 4.69) is 30.2 Å². The number of amides is 1. The number of rotatable bonds is 5. The van der Waals surface area contributed by atoms with Crippen molar-refractivity contribution < 1.29 is 9.53 Å². The monoisotopic (exact) mass is 402 g/mol. The van der Waals surface area contributed by atoms with E-state index in [4.69, 9.17) is 4.74 Å². The number of carbonyl (C=O) groups excluding carboxylic acids is 1. The molecule has 0 unspecified atom stereocenters. The largest absolute Gasteiger partial charge is 0.378 e. The highest BCUT2D eigenvalue weighted by Gasteiger charge is 2.20. The number of ether oxygens (including phenoxy) is 1. The topological polar surface area (TPSA) is 93.1 Å². The first-order valence-electron chi connectivity index (χ1n) is 8.50. The Hall–Kier alpha value is -2.43. The number of nitrogens with zero attached hydrogens (tertiary/aromatic N) is 5. The van der Waals surface area contributed by atoms with Gasteiger partial charge in [0.1, 0.15) is 15.6 Å². The number of morpholine rings is 1. The molecular formula is C17H18N6O2S2. The van der Waals surface area contributed by atoms with Crippen molar-refractivity contribution in [3.05, 3.63) is 40.2 Å². The van der Waals surface area contributed by atoms with Gasteiger partial charge in [-0.1, -0.05) is 11.3 Å². The summed E-state index contributed by atoms with van der Waals surface area (Å²) < 4.78 is 5.37. The molecule has 4 heterocycles. The van der Waals surface area contributed by atoms with E-state index >= 15 is 0 Å². The number of carbonyl (C=O) groups is 1. The van der Waals surface area contributed by atoms with Crippen molar-refractivity contribution in [3.8, 4) is 10.7 Å². The third kappa shape index (κ3) is 4.12. The first-order chi connectivity index (χ1) is 13.2. The molecule has 8 nitrogen and oxygen atoms in total. The molecule has 0 saturated carbocycles. The molecule has 0 aliphatic carbocycles. The predicted molar refractivity (Wildman–Crippen MR) is 104 cm³/mol. The van der Waals surface area contributed by atoms with Crippen molar-refractivity contribution in [2.24, 2.45) is 0 Å². The van der Waals surface area contributed by atoms with E-state index in [9.17, 15) is 4.79 Å². The number of aryl methyl sites for hydroxylation is 1. The van der Waals surface area contributed by atoms with Crippen LogP contribution in [0, 0.1) is 6.92 Å². The Bertz CT molecular complexity index is 921. The molecule has 4 rings (SSSR count). The predicted octanol–water partition coefficient (Wildman–Crippen LogP) is 2.13. The van der Waals surface area contributed by atoms with Crippen LogP contribution in [0.15, 0.2) is 24.0 Å². The molecule has 0 atom stereocenters. The van der Waals surface area contributed by atoms with Gasteiger partial charge in [0.15, 0.2) is 5.13 Å². The summed E-state index contributed by atoms with van der Waals surface area (Å²) >= 11 is 2.91. The Morgan fingerprint density at radius 1 is 1.30 bits per heavy atom. The zero-order valence-corrected chi connectivity index (χ0v) is 16.3. The van der Waals surface area contributed by atoms with Gasteiger partial charge in [-0.3, -0.25) is 14.8 Å². The third-order valence-electron chi connectivity index (χ3n) is 4.04. The molecule has 0 aromatic carbocycles. The van der Waals surface area contributed by atoms with Gasteiger partial charge >= 0.3 is 0 Å². The Morgan fingerprint density at radius 2 is 2.15 bits per heavy atom. The normalized spacial score (nSPS) is 14.3. The maximum absolute atomic E-state index is 12.6. The van der Waals surface area contributed by atoms with Crippen molar-refractivity contribution >= 4 is 33.7 Å². The smallest absolute Gasteiger partial charge is 0.263 e. The Labute approximate surface area is 164 Å². The summed E-state index contributed by atoms with van der Waals surface area (Å²) in [5, 5.41) is 6.52. The molecule has 3 aromatic rings. The van der Waals surface area contributed by atoms with Crippen LogP contribution in [-0.4, -0.2) is 52.1 Å². The van der Waals surface area contributed by atoms with Crippen LogP contribution in [0.2, 0.25) is 0 Å². The SMILES string of the molecule is Cc1nc(N2CCOCC2)sc1C(=O)NCc1csc(-c2cnccn2)n1. The second-order valence-corrected chi connectivity index (χ2v) is 7.76. The van der Waals surface area contributed by atoms with Gasteiger partial charge in [0, 0.05) is 30.9 Å². The number of hydrogen-bond donors (Lipinski definition) is 1. The van der Waals surface area contributed by atoms with Gasteiger partial charge in [0.25, 0.3) is 5.91 Å². The first kappa shape index (κ1) is 18.0. The summed E-state index contributed by atoms with van der Waals surface area (Å²) in [7, 11) is 0. The van der Waals surface area contributed by atoms with E-state index in [-0.39, 0.29) is 5.91 Å². The van der Waals surface area contributed by atoms with Crippen LogP contribution in [0.3, 0.4) is 0 Å². The standard InChI is InChI=1S/C17H18N6O2S2/c1-11-14(27-17(21-11)23-4-6-25-7-5-23)15(24)20-8-12-10-26-16(22-12)13-9-18-2-3-19-13/h2-3,9-10H,4-8H2,1H3,(H,20,24). The number of thiazole rings is 2. The Morgan fingerprint density at radius 3 is 2.93 bits per heavy atom. The van der Waals surface area contributed by atoms with Gasteiger partial charge in [-0.15, -0.1) is 11.3 Å². The maximum atomic E-state index is 12.6. The molecule has 3 aromatic heterocycles. The van der Waals surface area contributed by atoms with Crippen molar-refractivity contribution in [2.75, 3.05) is 31.2 Å². The van der Waals surface area contributed by atoms with Gasteiger partial charge in [0.2, 0.25) is 0 Å². The molecule has 1 fully saturated rings. The highest BCUT2D eigenvalue weighted by Crippen LogP contribution is 2.27. The van der Waals surface area contributed by atoms with Crippen molar-refractivity contribution in [1.82, 2.24) is 25.3 Å². The second kappa shape index (κ2) is 8.07. The van der Waals surface area contributed by atoms with Crippen molar-refractivity contribution in [1.29, 1.82) is 0 Å². The minimum absolute atomic E-state index is 0.126. The average Bonchev–Trinajstić information content (AvgIpc) is 3.34. The lowest BCUT2D eigenvalue weighted by Crippen LogP contribution is -2.36. The van der Waals surface area contributed by atoms with E-state index in [0.29, 0.717) is 24.6 Å². The van der Waals surface area contributed by atoms with E-state index in [1.165, 1.54) is 22.7 Å². The summed E-state index contributed by atoms with van der Waals surface area (Å²) in [6.07, 6.45) is 4.94. The second-order valence-electron chi connectivity index (χ2n) is 5.93. The van der Waals surface area contributed by atoms with E-state index in [0.717, 1.165) is 40.3 Å². The Balaban J connectivity index is 1.40. The maximum Gasteiger partial charge on any atom is 0.263 e. The fourth-order valence-electron chi connectivity index (χ4n) is 2.65. The summed E-state index contributed by atoms with van der Waals surface area (Å²) in [5.74, 6) is -0.126. The summed E-state index contributed by atoms with van der Waals surface area (Å²) in [6, 6.07) is 0. The van der Waals surface area contributed by atoms with Gasteiger partial charge in [-0.05, 0) is 6.92 Å². The van der Waals surface area contributed by atoms with Crippen molar-refractivity contribution in [2.45, 2.75) is 13.5 Å². The molecule has 10 heteroatoms. The first-order valence-corrected chi connectivity index (χ1v) is 10.2. The van der Waals surface area contributed by atoms with Crippen LogP contribution >= 0.6 is 22.7 Å². The van der Waals surface area contributed by atoms with Crippen LogP contribution in [0.1, 0.15) is 21.1 Å². The van der Waals surface area contributed by atoms with Crippen LogP contribution in [-0.2, 0) is 11.3 Å². The molecule has 1 N–H and O–H groups in total. The fraction of sp³-hybridized carbons (Fsp3) is 0.353. The summed E-state index contributed by atoms with van der Waals surface area (Å²) in [6.45, 7) is 5.22. The summed E-state index contributed by atoms with van der Waals surface area (Å²) in [5.41, 5.74) is 2.27. The highest BCUT2D eigenvalue weighted by atomic mass is 32.1. The van der Waals surface area contributed by atoms with Gasteiger partial charge in [0.05, 0.1) is 37.3 Å². The molecule has 0 radical (unpaired) electrons. The number of nitrogens with one attached hydrogen (secondary N) is 1. The van der Waals surface area contributed by atoms with E-state index in [1.54, 1.807) is 18.6 Å². The highest BCUT2D eigenvalue weighted by molar-refractivity contribution is 7.17. The van der Waals surface area contributed by atoms with Gasteiger partial charge in [-0.2, -0.15) is 0 Å². The number of anilines is 1. The lowest BCUT2D eigenvalue weighted by atomic mass is 10.3. The number of aromatic nitrogens is 4. The molecule has 0 bridgehead atoms. The number of hydrogen-bond acceptors (Lipinski definition) is 9. The van der Waals surface area contributed by atoms with Crippen LogP contribution in [0.25, 0.3) is 10.7 Å². The zero-order valence-electron chi connectivity index (χ0n) is 14.7. The quantitative estimate of drug-likeness (QED) is 0.699. The Kier molecular flexibility index (Phi) is 5.37. The third-order valence-corrected chi connectivity index (χ3v) is 6.17. The molecule has 140 valence electrons. The average molecular weight is 403 g/mol. The fourth-order valence-corrected chi connectivity index (χ4v) is 4.46. The minimum atomic E-state index is -0.126. The van der Waals surface area contributed by atoms with Crippen LogP contribution < -0.4 is 10.2 Å². The van der Waals surface area contributed by atoms with Gasteiger partial charge < -0.3 is 15.0 Å². The molecular weight excluding hydrogens is 384 g/mol. The van der Waals surface area contributed by atoms with E-state index in [1.807, 2.05) is 12.3 Å².